The fourth-order valence-corrected chi connectivity index (χ4v) is 4.02. The van der Waals surface area contributed by atoms with Crippen molar-refractivity contribution in [1.82, 2.24) is 4.98 Å². The summed E-state index contributed by atoms with van der Waals surface area (Å²) in [5.74, 6) is 2.14. The molecule has 0 atom stereocenters. The van der Waals surface area contributed by atoms with Crippen molar-refractivity contribution >= 4 is 17.3 Å². The average molecular weight is 378 g/mol. The van der Waals surface area contributed by atoms with Crippen molar-refractivity contribution in [2.24, 2.45) is 0 Å². The van der Waals surface area contributed by atoms with Crippen molar-refractivity contribution in [1.29, 1.82) is 0 Å². The monoisotopic (exact) mass is 378 g/mol. The number of ether oxygens (including phenoxy) is 2. The van der Waals surface area contributed by atoms with Crippen molar-refractivity contribution in [3.05, 3.63) is 54.2 Å². The van der Waals surface area contributed by atoms with Crippen molar-refractivity contribution in [3.63, 3.8) is 0 Å². The van der Waals surface area contributed by atoms with Gasteiger partial charge in [-0.1, -0.05) is 44.4 Å². The molecule has 0 radical (unpaired) electrons. The molecule has 0 unspecified atom stereocenters. The minimum Gasteiger partial charge on any atom is -0.454 e. The Bertz CT molecular complexity index is 857. The van der Waals surface area contributed by atoms with Gasteiger partial charge in [0.25, 0.3) is 5.91 Å². The quantitative estimate of drug-likeness (QED) is 0.689. The smallest absolute Gasteiger partial charge is 0.259 e. The van der Waals surface area contributed by atoms with Crippen LogP contribution >= 0.6 is 0 Å². The fraction of sp³-hybridized carbons (Fsp3) is 0.391. The van der Waals surface area contributed by atoms with E-state index >= 15 is 0 Å². The fourth-order valence-electron chi connectivity index (χ4n) is 4.02. The summed E-state index contributed by atoms with van der Waals surface area (Å²) in [6, 6.07) is 11.6. The number of pyridine rings is 1. The standard InChI is InChI=1S/C23H26N2O3/c1-2-8-19(17-12-13-20-21(15-17)28-16-27-20)23(26)25(18-9-4-3-5-10-18)22-11-6-7-14-24-22/h6-8,11-15,18H,2-5,9-10,16H2,1H3. The van der Waals surface area contributed by atoms with Crippen LogP contribution in [-0.4, -0.2) is 23.7 Å². The minimum absolute atomic E-state index is 0.00585. The Morgan fingerprint density at radius 2 is 1.96 bits per heavy atom. The van der Waals surface area contributed by atoms with Crippen LogP contribution in [0.3, 0.4) is 0 Å². The summed E-state index contributed by atoms with van der Waals surface area (Å²) >= 11 is 0. The first-order valence-corrected chi connectivity index (χ1v) is 10.1. The highest BCUT2D eigenvalue weighted by atomic mass is 16.7. The Morgan fingerprint density at radius 3 is 2.71 bits per heavy atom. The molecule has 1 amide bonds. The van der Waals surface area contributed by atoms with E-state index in [4.69, 9.17) is 9.47 Å². The molecule has 4 rings (SSSR count). The van der Waals surface area contributed by atoms with Gasteiger partial charge in [-0.25, -0.2) is 4.98 Å². The average Bonchev–Trinajstić information content (AvgIpc) is 3.21. The van der Waals surface area contributed by atoms with Crippen LogP contribution in [0.15, 0.2) is 48.7 Å². The van der Waals surface area contributed by atoms with E-state index in [1.807, 2.05) is 54.3 Å². The largest absolute Gasteiger partial charge is 0.454 e. The predicted molar refractivity (Wildman–Crippen MR) is 109 cm³/mol. The lowest BCUT2D eigenvalue weighted by molar-refractivity contribution is -0.114. The maximum Gasteiger partial charge on any atom is 0.259 e. The summed E-state index contributed by atoms with van der Waals surface area (Å²) in [4.78, 5) is 20.2. The second-order valence-corrected chi connectivity index (χ2v) is 7.25. The molecular formula is C23H26N2O3. The Hall–Kier alpha value is -2.82. The first kappa shape index (κ1) is 18.5. The molecule has 0 bridgehead atoms. The van der Waals surface area contributed by atoms with Gasteiger partial charge in [0.15, 0.2) is 11.5 Å². The summed E-state index contributed by atoms with van der Waals surface area (Å²) in [5, 5.41) is 0. The highest BCUT2D eigenvalue weighted by Crippen LogP contribution is 2.36. The van der Waals surface area contributed by atoms with E-state index in [9.17, 15) is 4.79 Å². The van der Waals surface area contributed by atoms with Crippen LogP contribution in [0.4, 0.5) is 5.82 Å². The molecule has 28 heavy (non-hydrogen) atoms. The maximum absolute atomic E-state index is 13.8. The van der Waals surface area contributed by atoms with Gasteiger partial charge in [-0.05, 0) is 49.1 Å². The van der Waals surface area contributed by atoms with Gasteiger partial charge < -0.3 is 9.47 Å². The highest BCUT2D eigenvalue weighted by molar-refractivity contribution is 6.26. The third-order valence-electron chi connectivity index (χ3n) is 5.38. The SMILES string of the molecule is CCC=C(C(=O)N(c1ccccn1)C1CCCCC1)c1ccc2c(c1)OCO2. The minimum atomic E-state index is 0.00585. The van der Waals surface area contributed by atoms with Gasteiger partial charge in [0.05, 0.1) is 0 Å². The zero-order valence-electron chi connectivity index (χ0n) is 16.3. The van der Waals surface area contributed by atoms with E-state index in [0.29, 0.717) is 11.3 Å². The Labute approximate surface area is 166 Å². The molecule has 5 nitrogen and oxygen atoms in total. The molecule has 146 valence electrons. The number of hydrogen-bond donors (Lipinski definition) is 0. The van der Waals surface area contributed by atoms with Crippen molar-refractivity contribution in [2.75, 3.05) is 11.7 Å². The number of anilines is 1. The second-order valence-electron chi connectivity index (χ2n) is 7.25. The Morgan fingerprint density at radius 1 is 1.14 bits per heavy atom. The van der Waals surface area contributed by atoms with E-state index in [1.54, 1.807) is 6.20 Å². The topological polar surface area (TPSA) is 51.7 Å². The van der Waals surface area contributed by atoms with Crippen molar-refractivity contribution < 1.29 is 14.3 Å². The molecule has 2 aliphatic rings. The zero-order chi connectivity index (χ0) is 19.3. The normalized spacial score (nSPS) is 16.8. The molecule has 1 fully saturated rings. The van der Waals surface area contributed by atoms with Crippen LogP contribution in [0.5, 0.6) is 11.5 Å². The molecule has 1 aliphatic carbocycles. The predicted octanol–water partition coefficient (Wildman–Crippen LogP) is 4.97. The zero-order valence-corrected chi connectivity index (χ0v) is 16.3. The lowest BCUT2D eigenvalue weighted by Crippen LogP contribution is -2.42. The van der Waals surface area contributed by atoms with Gasteiger partial charge in [0.2, 0.25) is 6.79 Å². The molecule has 2 heterocycles. The number of carbonyl (C=O) groups excluding carboxylic acids is 1. The lowest BCUT2D eigenvalue weighted by Gasteiger charge is -2.34. The number of carbonyl (C=O) groups is 1. The molecule has 1 aliphatic heterocycles. The number of hydrogen-bond acceptors (Lipinski definition) is 4. The number of rotatable bonds is 5. The summed E-state index contributed by atoms with van der Waals surface area (Å²) in [6.07, 6.45) is 10.1. The second kappa shape index (κ2) is 8.46. The van der Waals surface area contributed by atoms with Gasteiger partial charge in [0, 0.05) is 17.8 Å². The summed E-state index contributed by atoms with van der Waals surface area (Å²) in [5.41, 5.74) is 1.55. The van der Waals surface area contributed by atoms with Gasteiger partial charge in [-0.3, -0.25) is 9.69 Å². The van der Waals surface area contributed by atoms with E-state index in [2.05, 4.69) is 4.98 Å². The molecule has 2 aromatic rings. The summed E-state index contributed by atoms with van der Waals surface area (Å²) < 4.78 is 10.9. The van der Waals surface area contributed by atoms with Crippen LogP contribution in [0.1, 0.15) is 51.0 Å². The lowest BCUT2D eigenvalue weighted by atomic mass is 9.92. The number of aromatic nitrogens is 1. The Kier molecular flexibility index (Phi) is 5.60. The Balaban J connectivity index is 1.71. The van der Waals surface area contributed by atoms with Crippen LogP contribution < -0.4 is 14.4 Å². The van der Waals surface area contributed by atoms with Gasteiger partial charge in [0.1, 0.15) is 5.82 Å². The molecule has 0 N–H and O–H groups in total. The molecule has 1 aromatic carbocycles. The van der Waals surface area contributed by atoms with Gasteiger partial charge in [-0.15, -0.1) is 0 Å². The van der Waals surface area contributed by atoms with E-state index < -0.39 is 0 Å². The van der Waals surface area contributed by atoms with E-state index in [-0.39, 0.29) is 18.7 Å². The summed E-state index contributed by atoms with van der Waals surface area (Å²) in [6.45, 7) is 2.27. The maximum atomic E-state index is 13.8. The van der Waals surface area contributed by atoms with Gasteiger partial charge in [-0.2, -0.15) is 0 Å². The van der Waals surface area contributed by atoms with E-state index in [0.717, 1.165) is 49.2 Å². The number of amides is 1. The molecule has 5 heteroatoms. The van der Waals surface area contributed by atoms with Gasteiger partial charge >= 0.3 is 0 Å². The highest BCUT2D eigenvalue weighted by Gasteiger charge is 2.30. The van der Waals surface area contributed by atoms with Crippen LogP contribution in [0.25, 0.3) is 5.57 Å². The molecule has 0 saturated heterocycles. The number of nitrogens with zero attached hydrogens (tertiary/aromatic N) is 2. The van der Waals surface area contributed by atoms with E-state index in [1.165, 1.54) is 6.42 Å². The molecule has 1 saturated carbocycles. The molecule has 0 spiro atoms. The number of benzene rings is 1. The van der Waals surface area contributed by atoms with Crippen LogP contribution in [0, 0.1) is 0 Å². The third-order valence-corrected chi connectivity index (χ3v) is 5.38. The number of fused-ring (bicyclic) bond motifs is 1. The first-order valence-electron chi connectivity index (χ1n) is 10.1. The number of allylic oxidation sites excluding steroid dienone is 1. The van der Waals surface area contributed by atoms with Crippen molar-refractivity contribution in [2.45, 2.75) is 51.5 Å². The first-order chi connectivity index (χ1) is 13.8. The third kappa shape index (κ3) is 3.75. The summed E-state index contributed by atoms with van der Waals surface area (Å²) in [7, 11) is 0. The van der Waals surface area contributed by atoms with Crippen LogP contribution in [-0.2, 0) is 4.79 Å². The molecular weight excluding hydrogens is 352 g/mol. The van der Waals surface area contributed by atoms with Crippen molar-refractivity contribution in [3.8, 4) is 11.5 Å². The molecule has 1 aromatic heterocycles. The van der Waals surface area contributed by atoms with Crippen LogP contribution in [0.2, 0.25) is 0 Å².